The molecule has 0 saturated heterocycles. The van der Waals surface area contributed by atoms with E-state index in [1.807, 2.05) is 23.7 Å². The zero-order chi connectivity index (χ0) is 21.4. The van der Waals surface area contributed by atoms with Crippen molar-refractivity contribution in [3.8, 4) is 0 Å². The van der Waals surface area contributed by atoms with Gasteiger partial charge in [0.25, 0.3) is 0 Å². The Morgan fingerprint density at radius 3 is 2.65 bits per heavy atom. The highest BCUT2D eigenvalue weighted by atomic mass is 19.1. The summed E-state index contributed by atoms with van der Waals surface area (Å²) in [6, 6.07) is 6.97. The van der Waals surface area contributed by atoms with Crippen LogP contribution in [0.2, 0.25) is 0 Å². The van der Waals surface area contributed by atoms with Crippen LogP contribution in [0.25, 0.3) is 11.0 Å². The number of hydrogen-bond acceptors (Lipinski definition) is 4. The van der Waals surface area contributed by atoms with E-state index in [2.05, 4.69) is 15.2 Å². The number of amides is 1. The maximum Gasteiger partial charge on any atom is 0.249 e. The van der Waals surface area contributed by atoms with E-state index in [4.69, 9.17) is 0 Å². The van der Waals surface area contributed by atoms with E-state index in [1.165, 1.54) is 17.1 Å². The molecule has 1 aromatic carbocycles. The van der Waals surface area contributed by atoms with Gasteiger partial charge >= 0.3 is 0 Å². The first-order chi connectivity index (χ1) is 14.9. The van der Waals surface area contributed by atoms with E-state index in [0.717, 1.165) is 48.6 Å². The molecule has 1 unspecified atom stereocenters. The molecule has 3 aromatic rings. The van der Waals surface area contributed by atoms with E-state index in [-0.39, 0.29) is 11.3 Å². The smallest absolute Gasteiger partial charge is 0.249 e. The Morgan fingerprint density at radius 2 is 1.90 bits per heavy atom. The number of carbonyl (C=O) groups is 1. The van der Waals surface area contributed by atoms with Crippen molar-refractivity contribution >= 4 is 23.2 Å². The predicted molar refractivity (Wildman–Crippen MR) is 110 cm³/mol. The quantitative estimate of drug-likeness (QED) is 0.636. The van der Waals surface area contributed by atoms with Crippen LogP contribution in [-0.2, 0) is 11.3 Å². The highest BCUT2D eigenvalue weighted by Gasteiger charge is 2.72. The summed E-state index contributed by atoms with van der Waals surface area (Å²) < 4.78 is 29.4. The summed E-state index contributed by atoms with van der Waals surface area (Å²) in [5.41, 5.74) is 2.95. The minimum atomic E-state index is -0.644. The molecule has 1 atom stereocenters. The Labute approximate surface area is 177 Å². The number of aromatic nitrogens is 3. The van der Waals surface area contributed by atoms with Gasteiger partial charge in [0.15, 0.2) is 0 Å². The molecule has 2 aromatic heterocycles. The van der Waals surface area contributed by atoms with Crippen LogP contribution in [0.5, 0.6) is 0 Å². The lowest BCUT2D eigenvalue weighted by Gasteiger charge is -2.69. The monoisotopic (exact) mass is 421 g/mol. The van der Waals surface area contributed by atoms with Crippen LogP contribution in [-0.4, -0.2) is 31.9 Å². The molecule has 0 N–H and O–H groups in total. The Kier molecular flexibility index (Phi) is 3.71. The highest BCUT2D eigenvalue weighted by molar-refractivity contribution is 5.88. The molecule has 3 heterocycles. The van der Waals surface area contributed by atoms with Gasteiger partial charge in [0.2, 0.25) is 5.91 Å². The van der Waals surface area contributed by atoms with Crippen molar-refractivity contribution in [1.29, 1.82) is 0 Å². The molecule has 7 rings (SSSR count). The molecule has 4 aliphatic rings. The second-order valence-electron chi connectivity index (χ2n) is 9.37. The van der Waals surface area contributed by atoms with E-state index >= 15 is 0 Å². The summed E-state index contributed by atoms with van der Waals surface area (Å²) in [7, 11) is 0. The number of fused-ring (bicyclic) bond motifs is 1. The number of halogens is 2. The van der Waals surface area contributed by atoms with Crippen LogP contribution in [0.3, 0.4) is 0 Å². The summed E-state index contributed by atoms with van der Waals surface area (Å²) in [5, 5.41) is 10.2. The van der Waals surface area contributed by atoms with Crippen molar-refractivity contribution < 1.29 is 13.6 Å². The fourth-order valence-electron chi connectivity index (χ4n) is 5.80. The van der Waals surface area contributed by atoms with Crippen molar-refractivity contribution in [3.63, 3.8) is 0 Å². The van der Waals surface area contributed by atoms with E-state index < -0.39 is 23.1 Å². The second-order valence-corrected chi connectivity index (χ2v) is 9.37. The Morgan fingerprint density at radius 1 is 1.16 bits per heavy atom. The van der Waals surface area contributed by atoms with Gasteiger partial charge in [-0.05, 0) is 61.4 Å². The maximum absolute atomic E-state index is 13.7. The largest absolute Gasteiger partial charge is 0.272 e. The molecule has 8 heteroatoms. The maximum atomic E-state index is 13.7. The lowest BCUT2D eigenvalue weighted by atomic mass is 9.34. The van der Waals surface area contributed by atoms with Gasteiger partial charge in [-0.25, -0.2) is 18.8 Å². The third kappa shape index (κ3) is 2.73. The van der Waals surface area contributed by atoms with Crippen LogP contribution in [0, 0.1) is 29.4 Å². The number of pyridine rings is 1. The van der Waals surface area contributed by atoms with E-state index in [1.54, 1.807) is 12.4 Å². The third-order valence-corrected chi connectivity index (χ3v) is 7.03. The first-order valence-corrected chi connectivity index (χ1v) is 10.5. The zero-order valence-corrected chi connectivity index (χ0v) is 17.1. The van der Waals surface area contributed by atoms with Gasteiger partial charge in [-0.3, -0.25) is 9.48 Å². The van der Waals surface area contributed by atoms with Crippen LogP contribution in [0.1, 0.15) is 43.0 Å². The SMILES string of the molecule is Cc1ccc2c(cnn2CC23CC(C(=O)N4N=CCC4c4cc(F)cc(F)c4)(C2)C3)n1. The van der Waals surface area contributed by atoms with Gasteiger partial charge in [0.1, 0.15) is 17.2 Å². The van der Waals surface area contributed by atoms with E-state index in [9.17, 15) is 13.6 Å². The number of hydrazone groups is 1. The first-order valence-electron chi connectivity index (χ1n) is 10.5. The molecular formula is C23H21F2N5O. The number of rotatable bonds is 4. The second kappa shape index (κ2) is 6.18. The molecule has 3 fully saturated rings. The molecule has 3 saturated carbocycles. The number of benzene rings is 1. The average molecular weight is 421 g/mol. The molecular weight excluding hydrogens is 400 g/mol. The zero-order valence-electron chi connectivity index (χ0n) is 17.1. The minimum absolute atomic E-state index is 0.0413. The molecule has 0 radical (unpaired) electrons. The molecule has 0 spiro atoms. The van der Waals surface area contributed by atoms with Crippen molar-refractivity contribution in [3.05, 3.63) is 59.4 Å². The van der Waals surface area contributed by atoms with Gasteiger partial charge in [-0.1, -0.05) is 0 Å². The standard InChI is InChI=1S/C23H21F2N5O/c1-14-2-3-20-18(28-14)9-27-29(20)13-22-10-23(11-22,12-22)21(31)30-19(4-5-26-30)15-6-16(24)8-17(25)7-15/h2-3,5-9,19H,4,10-13H2,1H3. The van der Waals surface area contributed by atoms with Gasteiger partial charge < -0.3 is 0 Å². The molecule has 6 nitrogen and oxygen atoms in total. The molecule has 1 aliphatic heterocycles. The molecule has 31 heavy (non-hydrogen) atoms. The Balaban J connectivity index is 1.18. The minimum Gasteiger partial charge on any atom is -0.272 e. The highest BCUT2D eigenvalue weighted by Crippen LogP contribution is 2.74. The molecule has 1 amide bonds. The van der Waals surface area contributed by atoms with Crippen molar-refractivity contribution in [2.75, 3.05) is 0 Å². The number of hydrogen-bond donors (Lipinski definition) is 0. The summed E-state index contributed by atoms with van der Waals surface area (Å²) in [6.07, 6.45) is 6.26. The summed E-state index contributed by atoms with van der Waals surface area (Å²) in [5.74, 6) is -1.33. The topological polar surface area (TPSA) is 63.4 Å². The van der Waals surface area contributed by atoms with Gasteiger partial charge in [0.05, 0.1) is 23.2 Å². The lowest BCUT2D eigenvalue weighted by Crippen LogP contribution is -2.68. The Bertz CT molecular complexity index is 1230. The Hall–Kier alpha value is -3.16. The number of nitrogens with zero attached hydrogens (tertiary/aromatic N) is 5. The van der Waals surface area contributed by atoms with Gasteiger partial charge in [0, 0.05) is 30.9 Å². The number of carbonyl (C=O) groups excluding carboxylic acids is 1. The summed E-state index contributed by atoms with van der Waals surface area (Å²) >= 11 is 0. The van der Waals surface area contributed by atoms with E-state index in [0.29, 0.717) is 12.0 Å². The van der Waals surface area contributed by atoms with Crippen LogP contribution in [0.4, 0.5) is 8.78 Å². The van der Waals surface area contributed by atoms with Crippen LogP contribution >= 0.6 is 0 Å². The average Bonchev–Trinajstić information content (AvgIpc) is 3.29. The van der Waals surface area contributed by atoms with Crippen molar-refractivity contribution in [2.24, 2.45) is 15.9 Å². The normalized spacial score (nSPS) is 28.6. The molecule has 3 aliphatic carbocycles. The van der Waals surface area contributed by atoms with Gasteiger partial charge in [-0.2, -0.15) is 10.2 Å². The first kappa shape index (κ1) is 18.6. The van der Waals surface area contributed by atoms with Crippen LogP contribution in [0.15, 0.2) is 41.6 Å². The van der Waals surface area contributed by atoms with Crippen LogP contribution < -0.4 is 0 Å². The fourth-order valence-corrected chi connectivity index (χ4v) is 5.80. The molecule has 2 bridgehead atoms. The van der Waals surface area contributed by atoms with Gasteiger partial charge in [-0.15, -0.1) is 0 Å². The summed E-state index contributed by atoms with van der Waals surface area (Å²) in [6.45, 7) is 2.72. The van der Waals surface area contributed by atoms with Crippen molar-refractivity contribution in [1.82, 2.24) is 19.8 Å². The summed E-state index contributed by atoms with van der Waals surface area (Å²) in [4.78, 5) is 17.8. The predicted octanol–water partition coefficient (Wildman–Crippen LogP) is 4.15. The fraction of sp³-hybridized carbons (Fsp3) is 0.391. The van der Waals surface area contributed by atoms with Crippen molar-refractivity contribution in [2.45, 2.75) is 45.2 Å². The lowest BCUT2D eigenvalue weighted by molar-refractivity contribution is -0.223. The third-order valence-electron chi connectivity index (χ3n) is 7.03. The number of aryl methyl sites for hydroxylation is 1. The molecule has 158 valence electrons.